The molecule has 0 aliphatic rings. The lowest BCUT2D eigenvalue weighted by atomic mass is 10.2. The molecule has 0 aliphatic heterocycles. The van der Waals surface area contributed by atoms with Gasteiger partial charge in [0.15, 0.2) is 5.69 Å². The van der Waals surface area contributed by atoms with Crippen LogP contribution in [0.15, 0.2) is 12.1 Å². The van der Waals surface area contributed by atoms with E-state index < -0.39 is 50.0 Å². The summed E-state index contributed by atoms with van der Waals surface area (Å²) in [5.41, 5.74) is -3.03. The first-order chi connectivity index (χ1) is 10.2. The summed E-state index contributed by atoms with van der Waals surface area (Å²) < 4.78 is 4.38. The summed E-state index contributed by atoms with van der Waals surface area (Å²) in [6.45, 7) is -0.504. The molecule has 0 atom stereocenters. The van der Waals surface area contributed by atoms with Crippen molar-refractivity contribution in [1.82, 2.24) is 0 Å². The van der Waals surface area contributed by atoms with Crippen molar-refractivity contribution in [3.63, 3.8) is 0 Å². The largest absolute Gasteiger partial charge is 0.468 e. The number of hydrogen-bond donors (Lipinski definition) is 0. The molecular formula is C10H10N4O8. The Balaban J connectivity index is 3.57. The van der Waals surface area contributed by atoms with E-state index in [9.17, 15) is 35.1 Å². The fourth-order valence-electron chi connectivity index (χ4n) is 1.70. The minimum atomic E-state index is -0.997. The smallest absolute Gasteiger partial charge is 0.325 e. The van der Waals surface area contributed by atoms with E-state index in [1.54, 1.807) is 0 Å². The molecule has 0 saturated heterocycles. The number of hydrogen-bond acceptors (Lipinski definition) is 9. The van der Waals surface area contributed by atoms with Crippen LogP contribution in [0.3, 0.4) is 0 Å². The van der Waals surface area contributed by atoms with E-state index in [0.717, 1.165) is 12.0 Å². The van der Waals surface area contributed by atoms with Crippen molar-refractivity contribution < 1.29 is 24.3 Å². The van der Waals surface area contributed by atoms with Gasteiger partial charge in [0.2, 0.25) is 0 Å². The van der Waals surface area contributed by atoms with Crippen molar-refractivity contribution in [2.24, 2.45) is 0 Å². The number of rotatable bonds is 6. The molecule has 0 unspecified atom stereocenters. The number of non-ortho nitro benzene ring substituents is 1. The van der Waals surface area contributed by atoms with Crippen LogP contribution < -0.4 is 4.90 Å². The zero-order valence-corrected chi connectivity index (χ0v) is 11.4. The Morgan fingerprint density at radius 2 is 1.55 bits per heavy atom. The molecular weight excluding hydrogens is 304 g/mol. The third-order valence-corrected chi connectivity index (χ3v) is 2.63. The van der Waals surface area contributed by atoms with Crippen LogP contribution in [0, 0.1) is 30.3 Å². The second kappa shape index (κ2) is 6.43. The minimum Gasteiger partial charge on any atom is -0.468 e. The SMILES string of the molecule is COC(=O)CN(C)c1c([N+](=O)[O-])cc([N+](=O)[O-])cc1[N+](=O)[O-]. The van der Waals surface area contributed by atoms with Crippen LogP contribution in [0.4, 0.5) is 22.7 Å². The lowest BCUT2D eigenvalue weighted by Crippen LogP contribution is -2.27. The highest BCUT2D eigenvalue weighted by atomic mass is 16.6. The van der Waals surface area contributed by atoms with E-state index in [-0.39, 0.29) is 0 Å². The Hall–Kier alpha value is -3.31. The van der Waals surface area contributed by atoms with Gasteiger partial charge in [-0.3, -0.25) is 35.1 Å². The molecule has 0 radical (unpaired) electrons. The molecule has 118 valence electrons. The van der Waals surface area contributed by atoms with Crippen LogP contribution in [-0.2, 0) is 9.53 Å². The van der Waals surface area contributed by atoms with Crippen LogP contribution in [0.25, 0.3) is 0 Å². The van der Waals surface area contributed by atoms with Gasteiger partial charge in [-0.25, -0.2) is 0 Å². The van der Waals surface area contributed by atoms with Gasteiger partial charge >= 0.3 is 17.3 Å². The van der Waals surface area contributed by atoms with Gasteiger partial charge in [0.05, 0.1) is 34.0 Å². The van der Waals surface area contributed by atoms with Crippen molar-refractivity contribution in [3.8, 4) is 0 Å². The number of ether oxygens (including phenoxy) is 1. The molecule has 1 aromatic carbocycles. The summed E-state index contributed by atoms with van der Waals surface area (Å²) in [5.74, 6) is -0.788. The van der Waals surface area contributed by atoms with Crippen LogP contribution in [-0.4, -0.2) is 41.4 Å². The molecule has 0 spiro atoms. The number of esters is 1. The van der Waals surface area contributed by atoms with Crippen molar-refractivity contribution in [2.75, 3.05) is 25.6 Å². The van der Waals surface area contributed by atoms with E-state index in [0.29, 0.717) is 12.1 Å². The fraction of sp³-hybridized carbons (Fsp3) is 0.300. The highest BCUT2D eigenvalue weighted by molar-refractivity contribution is 5.83. The third kappa shape index (κ3) is 3.41. The van der Waals surface area contributed by atoms with Crippen LogP contribution >= 0.6 is 0 Å². The van der Waals surface area contributed by atoms with E-state index in [1.165, 1.54) is 7.05 Å². The first-order valence-corrected chi connectivity index (χ1v) is 5.58. The van der Waals surface area contributed by atoms with Gasteiger partial charge in [0.25, 0.3) is 5.69 Å². The molecule has 0 fully saturated rings. The van der Waals surface area contributed by atoms with Gasteiger partial charge in [-0.05, 0) is 0 Å². The first kappa shape index (κ1) is 16.7. The molecule has 0 N–H and O–H groups in total. The number of likely N-dealkylation sites (N-methyl/N-ethyl adjacent to an activating group) is 1. The molecule has 0 amide bonds. The summed E-state index contributed by atoms with van der Waals surface area (Å²) >= 11 is 0. The summed E-state index contributed by atoms with van der Waals surface area (Å²) in [5, 5.41) is 32.8. The number of carbonyl (C=O) groups is 1. The second-order valence-electron chi connectivity index (χ2n) is 4.04. The first-order valence-electron chi connectivity index (χ1n) is 5.58. The Kier molecular flexibility index (Phi) is 4.89. The van der Waals surface area contributed by atoms with Gasteiger partial charge < -0.3 is 9.64 Å². The molecule has 0 saturated carbocycles. The summed E-state index contributed by atoms with van der Waals surface area (Å²) in [7, 11) is 2.27. The number of anilines is 1. The van der Waals surface area contributed by atoms with E-state index in [4.69, 9.17) is 0 Å². The maximum atomic E-state index is 11.2. The molecule has 1 rings (SSSR count). The number of carbonyl (C=O) groups excluding carboxylic acids is 1. The zero-order chi connectivity index (χ0) is 17.0. The van der Waals surface area contributed by atoms with E-state index >= 15 is 0 Å². The van der Waals surface area contributed by atoms with Gasteiger partial charge in [0, 0.05) is 7.05 Å². The summed E-state index contributed by atoms with van der Waals surface area (Å²) in [6.07, 6.45) is 0. The Labute approximate surface area is 122 Å². The van der Waals surface area contributed by atoms with Crippen molar-refractivity contribution in [1.29, 1.82) is 0 Å². The van der Waals surface area contributed by atoms with Crippen LogP contribution in [0.5, 0.6) is 0 Å². The summed E-state index contributed by atoms with van der Waals surface area (Å²) in [6, 6.07) is 1.19. The zero-order valence-electron chi connectivity index (χ0n) is 11.4. The molecule has 1 aromatic rings. The van der Waals surface area contributed by atoms with Crippen LogP contribution in [0.1, 0.15) is 0 Å². The maximum Gasteiger partial charge on any atom is 0.325 e. The summed E-state index contributed by atoms with van der Waals surface area (Å²) in [4.78, 5) is 42.0. The predicted molar refractivity (Wildman–Crippen MR) is 71.7 cm³/mol. The Morgan fingerprint density at radius 1 is 1.09 bits per heavy atom. The Morgan fingerprint density at radius 3 is 1.86 bits per heavy atom. The molecule has 22 heavy (non-hydrogen) atoms. The highest BCUT2D eigenvalue weighted by Gasteiger charge is 2.33. The van der Waals surface area contributed by atoms with Gasteiger partial charge in [-0.2, -0.15) is 0 Å². The number of methoxy groups -OCH3 is 1. The van der Waals surface area contributed by atoms with Gasteiger partial charge in [-0.15, -0.1) is 0 Å². The number of benzene rings is 1. The Bertz CT molecular complexity index is 623. The molecule has 12 heteroatoms. The van der Waals surface area contributed by atoms with Gasteiger partial charge in [0.1, 0.15) is 6.54 Å². The minimum absolute atomic E-state index is 0.504. The average molecular weight is 314 g/mol. The quantitative estimate of drug-likeness (QED) is 0.424. The van der Waals surface area contributed by atoms with Crippen molar-refractivity contribution in [2.45, 2.75) is 0 Å². The van der Waals surface area contributed by atoms with E-state index in [2.05, 4.69) is 4.74 Å². The molecule has 0 bridgehead atoms. The van der Waals surface area contributed by atoms with E-state index in [1.807, 2.05) is 0 Å². The van der Waals surface area contributed by atoms with Crippen molar-refractivity contribution >= 4 is 28.7 Å². The fourth-order valence-corrected chi connectivity index (χ4v) is 1.70. The number of nitro groups is 3. The molecule has 0 aliphatic carbocycles. The topological polar surface area (TPSA) is 159 Å². The standard InChI is InChI=1S/C10H10N4O8/c1-11(5-9(15)22-2)10-7(13(18)19)3-6(12(16)17)4-8(10)14(20)21/h3-4H,5H2,1-2H3. The van der Waals surface area contributed by atoms with Crippen LogP contribution in [0.2, 0.25) is 0 Å². The average Bonchev–Trinajstić information content (AvgIpc) is 2.44. The number of nitrogens with zero attached hydrogens (tertiary/aromatic N) is 4. The lowest BCUT2D eigenvalue weighted by Gasteiger charge is -2.17. The lowest BCUT2D eigenvalue weighted by molar-refractivity contribution is -0.402. The highest BCUT2D eigenvalue weighted by Crippen LogP contribution is 2.40. The molecule has 12 nitrogen and oxygen atoms in total. The van der Waals surface area contributed by atoms with Gasteiger partial charge in [-0.1, -0.05) is 0 Å². The monoisotopic (exact) mass is 314 g/mol. The predicted octanol–water partition coefficient (Wildman–Crippen LogP) is 1.02. The maximum absolute atomic E-state index is 11.2. The van der Waals surface area contributed by atoms with Crippen molar-refractivity contribution in [3.05, 3.63) is 42.5 Å². The third-order valence-electron chi connectivity index (χ3n) is 2.63. The molecule has 0 aromatic heterocycles. The number of nitro benzene ring substituents is 3. The normalized spacial score (nSPS) is 9.91. The molecule has 0 heterocycles. The second-order valence-corrected chi connectivity index (χ2v) is 4.04.